The van der Waals surface area contributed by atoms with Crippen molar-refractivity contribution in [2.24, 2.45) is 0 Å². The molecule has 2 heterocycles. The normalized spacial score (nSPS) is 14.2. The van der Waals surface area contributed by atoms with Gasteiger partial charge < -0.3 is 15.2 Å². The number of aryl methyl sites for hydroxylation is 2. The van der Waals surface area contributed by atoms with E-state index >= 15 is 0 Å². The van der Waals surface area contributed by atoms with E-state index in [1.807, 2.05) is 6.07 Å². The number of fused-ring (bicyclic) bond motifs is 3. The third-order valence-corrected chi connectivity index (χ3v) is 5.64. The Morgan fingerprint density at radius 2 is 2.04 bits per heavy atom. The molecule has 1 aliphatic rings. The molecule has 0 saturated heterocycles. The minimum atomic E-state index is 0.108. The number of thiophene rings is 1. The molecule has 5 nitrogen and oxygen atoms in total. The molecule has 124 valence electrons. The van der Waals surface area contributed by atoms with E-state index in [1.165, 1.54) is 36.8 Å². The Kier molecular flexibility index (Phi) is 3.98. The number of hydrogen-bond acceptors (Lipinski definition) is 6. The number of nitrogens with one attached hydrogen (secondary N) is 1. The lowest BCUT2D eigenvalue weighted by molar-refractivity contribution is 0.373. The summed E-state index contributed by atoms with van der Waals surface area (Å²) >= 11 is 1.79. The Morgan fingerprint density at radius 3 is 2.88 bits per heavy atom. The van der Waals surface area contributed by atoms with Crippen molar-refractivity contribution in [2.45, 2.75) is 32.1 Å². The fourth-order valence-corrected chi connectivity index (χ4v) is 4.50. The van der Waals surface area contributed by atoms with Crippen molar-refractivity contribution >= 4 is 33.1 Å². The molecule has 3 aromatic rings. The van der Waals surface area contributed by atoms with Gasteiger partial charge in [0.1, 0.15) is 17.0 Å². The first kappa shape index (κ1) is 15.2. The Morgan fingerprint density at radius 1 is 1.17 bits per heavy atom. The molecule has 0 aliphatic heterocycles. The van der Waals surface area contributed by atoms with Crippen LogP contribution in [-0.4, -0.2) is 22.2 Å². The maximum Gasteiger partial charge on any atom is 0.160 e. The molecule has 4 rings (SSSR count). The van der Waals surface area contributed by atoms with Crippen LogP contribution in [-0.2, 0) is 12.8 Å². The van der Waals surface area contributed by atoms with Crippen LogP contribution in [0.1, 0.15) is 29.7 Å². The molecule has 0 radical (unpaired) electrons. The number of phenols is 1. The summed E-state index contributed by atoms with van der Waals surface area (Å²) in [4.78, 5) is 11.4. The fourth-order valence-electron chi connectivity index (χ4n) is 3.27. The smallest absolute Gasteiger partial charge is 0.160 e. The van der Waals surface area contributed by atoms with Gasteiger partial charge in [-0.25, -0.2) is 9.97 Å². The number of benzene rings is 1. The van der Waals surface area contributed by atoms with Crippen molar-refractivity contribution in [2.75, 3.05) is 12.4 Å². The minimum absolute atomic E-state index is 0.108. The average Bonchev–Trinajstić information content (AvgIpc) is 2.78. The van der Waals surface area contributed by atoms with Crippen molar-refractivity contribution in [3.05, 3.63) is 35.0 Å². The summed E-state index contributed by atoms with van der Waals surface area (Å²) < 4.78 is 5.09. The van der Waals surface area contributed by atoms with Gasteiger partial charge in [-0.2, -0.15) is 0 Å². The van der Waals surface area contributed by atoms with E-state index in [0.29, 0.717) is 5.75 Å². The summed E-state index contributed by atoms with van der Waals surface area (Å²) in [6.45, 7) is 0. The highest BCUT2D eigenvalue weighted by atomic mass is 32.1. The van der Waals surface area contributed by atoms with Crippen LogP contribution >= 0.6 is 11.3 Å². The van der Waals surface area contributed by atoms with Crippen LogP contribution in [0.4, 0.5) is 11.5 Å². The monoisotopic (exact) mass is 341 g/mol. The van der Waals surface area contributed by atoms with Crippen LogP contribution < -0.4 is 10.1 Å². The molecule has 1 aromatic carbocycles. The average molecular weight is 341 g/mol. The predicted octanol–water partition coefficient (Wildman–Crippen LogP) is 4.42. The van der Waals surface area contributed by atoms with Gasteiger partial charge >= 0.3 is 0 Å². The van der Waals surface area contributed by atoms with Crippen LogP contribution in [0, 0.1) is 0 Å². The number of nitrogens with zero attached hydrogens (tertiary/aromatic N) is 2. The Hall–Kier alpha value is -2.34. The number of anilines is 2. The van der Waals surface area contributed by atoms with E-state index in [0.717, 1.165) is 34.6 Å². The first-order valence-corrected chi connectivity index (χ1v) is 8.97. The van der Waals surface area contributed by atoms with E-state index in [-0.39, 0.29) is 5.75 Å². The summed E-state index contributed by atoms with van der Waals surface area (Å²) in [7, 11) is 1.54. The van der Waals surface area contributed by atoms with Crippen LogP contribution in [0.2, 0.25) is 0 Å². The summed E-state index contributed by atoms with van der Waals surface area (Å²) in [5.41, 5.74) is 2.18. The first-order chi connectivity index (χ1) is 11.8. The van der Waals surface area contributed by atoms with Crippen LogP contribution in [0.15, 0.2) is 24.5 Å². The number of ether oxygens (including phenoxy) is 1. The van der Waals surface area contributed by atoms with Crippen molar-refractivity contribution in [3.63, 3.8) is 0 Å². The van der Waals surface area contributed by atoms with Crippen LogP contribution in [0.3, 0.4) is 0 Å². The molecule has 0 fully saturated rings. The second-order valence-electron chi connectivity index (χ2n) is 5.98. The maximum absolute atomic E-state index is 9.98. The molecule has 0 atom stereocenters. The van der Waals surface area contributed by atoms with Gasteiger partial charge in [0, 0.05) is 16.6 Å². The van der Waals surface area contributed by atoms with E-state index in [2.05, 4.69) is 15.3 Å². The van der Waals surface area contributed by atoms with Crippen molar-refractivity contribution in [3.8, 4) is 11.5 Å². The number of rotatable bonds is 3. The second kappa shape index (κ2) is 6.28. The minimum Gasteiger partial charge on any atom is -0.504 e. The van der Waals surface area contributed by atoms with Crippen molar-refractivity contribution in [1.29, 1.82) is 0 Å². The molecule has 0 unspecified atom stereocenters. The molecule has 6 heteroatoms. The van der Waals surface area contributed by atoms with Gasteiger partial charge in [-0.3, -0.25) is 0 Å². The summed E-state index contributed by atoms with van der Waals surface area (Å²) in [5.74, 6) is 1.37. The van der Waals surface area contributed by atoms with E-state index in [9.17, 15) is 5.11 Å². The highest BCUT2D eigenvalue weighted by Crippen LogP contribution is 2.39. The van der Waals surface area contributed by atoms with Gasteiger partial charge in [0.05, 0.1) is 12.5 Å². The van der Waals surface area contributed by atoms with Gasteiger partial charge in [0.2, 0.25) is 0 Å². The fraction of sp³-hybridized carbons (Fsp3) is 0.333. The van der Waals surface area contributed by atoms with Crippen molar-refractivity contribution in [1.82, 2.24) is 9.97 Å². The Labute approximate surface area is 144 Å². The largest absolute Gasteiger partial charge is 0.504 e. The number of aromatic hydroxyl groups is 1. The molecular weight excluding hydrogens is 322 g/mol. The zero-order valence-electron chi connectivity index (χ0n) is 13.5. The van der Waals surface area contributed by atoms with Gasteiger partial charge in [0.25, 0.3) is 0 Å². The third-order valence-electron chi connectivity index (χ3n) is 4.44. The van der Waals surface area contributed by atoms with E-state index in [1.54, 1.807) is 29.8 Å². The van der Waals surface area contributed by atoms with E-state index < -0.39 is 0 Å². The molecule has 1 aliphatic carbocycles. The van der Waals surface area contributed by atoms with Gasteiger partial charge in [-0.05, 0) is 43.4 Å². The number of methoxy groups -OCH3 is 1. The summed E-state index contributed by atoms with van der Waals surface area (Å²) in [5, 5.41) is 14.4. The molecule has 0 saturated carbocycles. The first-order valence-electron chi connectivity index (χ1n) is 8.15. The molecule has 2 aromatic heterocycles. The molecule has 0 bridgehead atoms. The van der Waals surface area contributed by atoms with E-state index in [4.69, 9.17) is 4.74 Å². The Bertz CT molecular complexity index is 891. The lowest BCUT2D eigenvalue weighted by Crippen LogP contribution is -1.97. The van der Waals surface area contributed by atoms with Gasteiger partial charge in [-0.15, -0.1) is 11.3 Å². The summed E-state index contributed by atoms with van der Waals surface area (Å²) in [6, 6.07) is 5.26. The van der Waals surface area contributed by atoms with Crippen LogP contribution in [0.5, 0.6) is 11.5 Å². The predicted molar refractivity (Wildman–Crippen MR) is 96.6 cm³/mol. The molecule has 0 spiro atoms. The molecular formula is C18H19N3O2S. The zero-order valence-corrected chi connectivity index (χ0v) is 14.3. The lowest BCUT2D eigenvalue weighted by Gasteiger charge is -2.10. The van der Waals surface area contributed by atoms with Gasteiger partial charge in [-0.1, -0.05) is 6.42 Å². The SMILES string of the molecule is COc1ccc(Nc2ncnc3sc4c(c23)CCCCC4)cc1O. The molecule has 0 amide bonds. The number of aromatic nitrogens is 2. The summed E-state index contributed by atoms with van der Waals surface area (Å²) in [6.07, 6.45) is 7.58. The number of hydrogen-bond donors (Lipinski definition) is 2. The topological polar surface area (TPSA) is 67.3 Å². The lowest BCUT2D eigenvalue weighted by atomic mass is 10.1. The quantitative estimate of drug-likeness (QED) is 0.690. The molecule has 2 N–H and O–H groups in total. The molecule has 24 heavy (non-hydrogen) atoms. The van der Waals surface area contributed by atoms with Gasteiger partial charge in [0.15, 0.2) is 11.5 Å². The highest BCUT2D eigenvalue weighted by Gasteiger charge is 2.19. The van der Waals surface area contributed by atoms with Crippen molar-refractivity contribution < 1.29 is 9.84 Å². The third kappa shape index (κ3) is 2.67. The second-order valence-corrected chi connectivity index (χ2v) is 7.06. The standard InChI is InChI=1S/C18H19N3O2S/c1-23-14-8-7-11(9-13(14)22)21-17-16-12-5-3-2-4-6-15(12)24-18(16)20-10-19-17/h7-10,22H,2-6H2,1H3,(H,19,20,21). The number of phenolic OH excluding ortho intramolecular Hbond substituents is 1. The van der Waals surface area contributed by atoms with Crippen LogP contribution in [0.25, 0.3) is 10.2 Å². The maximum atomic E-state index is 9.98. The highest BCUT2D eigenvalue weighted by molar-refractivity contribution is 7.18. The zero-order chi connectivity index (χ0) is 16.5. The Balaban J connectivity index is 1.76.